The molecule has 0 spiro atoms. The second-order valence-electron chi connectivity index (χ2n) is 4.52. The lowest BCUT2D eigenvalue weighted by Gasteiger charge is -2.14. The van der Waals surface area contributed by atoms with Crippen molar-refractivity contribution >= 4 is 28.8 Å². The summed E-state index contributed by atoms with van der Waals surface area (Å²) in [7, 11) is 1.98. The van der Waals surface area contributed by atoms with Gasteiger partial charge in [0.15, 0.2) is 0 Å². The maximum Gasteiger partial charge on any atom is 0.257 e. The third kappa shape index (κ3) is 2.67. The van der Waals surface area contributed by atoms with E-state index in [2.05, 4.69) is 17.1 Å². The van der Waals surface area contributed by atoms with Gasteiger partial charge in [-0.25, -0.2) is 0 Å². The molecule has 96 valence electrons. The number of benzene rings is 1. The second-order valence-corrected chi connectivity index (χ2v) is 4.96. The number of anilines is 1. The zero-order chi connectivity index (χ0) is 13.1. The predicted octanol–water partition coefficient (Wildman–Crippen LogP) is 3.36. The molecule has 0 aliphatic carbocycles. The van der Waals surface area contributed by atoms with Gasteiger partial charge in [-0.3, -0.25) is 4.79 Å². The van der Waals surface area contributed by atoms with Gasteiger partial charge in [0.2, 0.25) is 0 Å². The standard InChI is InChI=1S/C14H17ClN2O/c1-3-4-7-17(2)9-12-11-8-10(15)5-6-13(11)16-14(12)18/h5-6,8-9H,3-4,7H2,1-2H3,(H,16,18)/b12-9+. The molecule has 2 rings (SSSR count). The Bertz CT molecular complexity index is 497. The van der Waals surface area contributed by atoms with Crippen LogP contribution in [0.5, 0.6) is 0 Å². The summed E-state index contributed by atoms with van der Waals surface area (Å²) < 4.78 is 0. The van der Waals surface area contributed by atoms with Gasteiger partial charge in [0.25, 0.3) is 5.91 Å². The summed E-state index contributed by atoms with van der Waals surface area (Å²) in [5.41, 5.74) is 2.40. The van der Waals surface area contributed by atoms with E-state index in [4.69, 9.17) is 11.6 Å². The highest BCUT2D eigenvalue weighted by Crippen LogP contribution is 2.33. The first-order valence-electron chi connectivity index (χ1n) is 6.15. The van der Waals surface area contributed by atoms with E-state index in [1.807, 2.05) is 25.4 Å². The van der Waals surface area contributed by atoms with Crippen LogP contribution < -0.4 is 5.32 Å². The van der Waals surface area contributed by atoms with Crippen LogP contribution in [0.2, 0.25) is 5.02 Å². The van der Waals surface area contributed by atoms with E-state index in [0.717, 1.165) is 30.6 Å². The lowest BCUT2D eigenvalue weighted by molar-refractivity contribution is -0.110. The lowest BCUT2D eigenvalue weighted by atomic mass is 10.1. The first-order chi connectivity index (χ1) is 8.61. The smallest absolute Gasteiger partial charge is 0.257 e. The van der Waals surface area contributed by atoms with Crippen LogP contribution >= 0.6 is 11.6 Å². The van der Waals surface area contributed by atoms with Crippen LogP contribution in [0.4, 0.5) is 5.69 Å². The average molecular weight is 265 g/mol. The highest BCUT2D eigenvalue weighted by atomic mass is 35.5. The Morgan fingerprint density at radius 2 is 2.22 bits per heavy atom. The fraction of sp³-hybridized carbons (Fsp3) is 0.357. The number of amides is 1. The van der Waals surface area contributed by atoms with Crippen LogP contribution in [0.1, 0.15) is 25.3 Å². The number of hydrogen-bond acceptors (Lipinski definition) is 2. The maximum absolute atomic E-state index is 11.9. The van der Waals surface area contributed by atoms with E-state index < -0.39 is 0 Å². The molecule has 1 aromatic rings. The number of rotatable bonds is 4. The van der Waals surface area contributed by atoms with Gasteiger partial charge in [0.05, 0.1) is 5.57 Å². The molecule has 1 aliphatic heterocycles. The zero-order valence-corrected chi connectivity index (χ0v) is 11.4. The molecule has 4 heteroatoms. The minimum absolute atomic E-state index is 0.0596. The van der Waals surface area contributed by atoms with Gasteiger partial charge in [-0.05, 0) is 24.6 Å². The van der Waals surface area contributed by atoms with Crippen molar-refractivity contribution in [1.82, 2.24) is 4.90 Å². The molecule has 0 fully saturated rings. The summed E-state index contributed by atoms with van der Waals surface area (Å²) in [6.45, 7) is 3.10. The Balaban J connectivity index is 2.26. The summed E-state index contributed by atoms with van der Waals surface area (Å²) in [5.74, 6) is -0.0596. The molecule has 1 aliphatic rings. The van der Waals surface area contributed by atoms with Crippen molar-refractivity contribution in [2.24, 2.45) is 0 Å². The largest absolute Gasteiger partial charge is 0.380 e. The van der Waals surface area contributed by atoms with Crippen LogP contribution in [0, 0.1) is 0 Å². The molecule has 0 bridgehead atoms. The Morgan fingerprint density at radius 3 is 2.94 bits per heavy atom. The fourth-order valence-electron chi connectivity index (χ4n) is 1.98. The minimum Gasteiger partial charge on any atom is -0.380 e. The third-order valence-corrected chi connectivity index (χ3v) is 3.21. The van der Waals surface area contributed by atoms with Gasteiger partial charge < -0.3 is 10.2 Å². The monoisotopic (exact) mass is 264 g/mol. The van der Waals surface area contributed by atoms with Gasteiger partial charge in [-0.2, -0.15) is 0 Å². The van der Waals surface area contributed by atoms with Gasteiger partial charge in [-0.1, -0.05) is 24.9 Å². The molecular weight excluding hydrogens is 248 g/mol. The zero-order valence-electron chi connectivity index (χ0n) is 10.7. The Labute approximate surface area is 112 Å². The summed E-state index contributed by atoms with van der Waals surface area (Å²) >= 11 is 5.98. The Hall–Kier alpha value is -1.48. The van der Waals surface area contributed by atoms with Gasteiger partial charge in [0.1, 0.15) is 0 Å². The fourth-order valence-corrected chi connectivity index (χ4v) is 2.15. The topological polar surface area (TPSA) is 32.3 Å². The second kappa shape index (κ2) is 5.44. The van der Waals surface area contributed by atoms with Crippen molar-refractivity contribution in [3.63, 3.8) is 0 Å². The number of halogens is 1. The summed E-state index contributed by atoms with van der Waals surface area (Å²) in [4.78, 5) is 14.0. The molecule has 0 aromatic heterocycles. The maximum atomic E-state index is 11.9. The number of fused-ring (bicyclic) bond motifs is 1. The van der Waals surface area contributed by atoms with Crippen molar-refractivity contribution < 1.29 is 4.79 Å². The van der Waals surface area contributed by atoms with Crippen molar-refractivity contribution in [3.8, 4) is 0 Å². The van der Waals surface area contributed by atoms with Crippen LogP contribution in [0.25, 0.3) is 5.57 Å². The lowest BCUT2D eigenvalue weighted by Crippen LogP contribution is -2.14. The van der Waals surface area contributed by atoms with E-state index in [1.165, 1.54) is 0 Å². The normalized spacial score (nSPS) is 15.7. The van der Waals surface area contributed by atoms with Crippen molar-refractivity contribution in [3.05, 3.63) is 35.0 Å². The average Bonchev–Trinajstić information content (AvgIpc) is 2.63. The number of carbonyl (C=O) groups excluding carboxylic acids is 1. The number of hydrogen-bond donors (Lipinski definition) is 1. The third-order valence-electron chi connectivity index (χ3n) is 2.98. The highest BCUT2D eigenvalue weighted by molar-refractivity contribution is 6.34. The molecular formula is C14H17ClN2O. The molecule has 0 radical (unpaired) electrons. The van der Waals surface area contributed by atoms with E-state index in [-0.39, 0.29) is 5.91 Å². The number of nitrogens with one attached hydrogen (secondary N) is 1. The van der Waals surface area contributed by atoms with E-state index >= 15 is 0 Å². The molecule has 3 nitrogen and oxygen atoms in total. The van der Waals surface area contributed by atoms with Gasteiger partial charge in [-0.15, -0.1) is 0 Å². The van der Waals surface area contributed by atoms with Crippen LogP contribution in [-0.4, -0.2) is 24.4 Å². The number of unbranched alkanes of at least 4 members (excludes halogenated alkanes) is 1. The first-order valence-corrected chi connectivity index (χ1v) is 6.53. The summed E-state index contributed by atoms with van der Waals surface area (Å²) in [6, 6.07) is 5.45. The number of nitrogens with zero attached hydrogens (tertiary/aromatic N) is 1. The Kier molecular flexibility index (Phi) is 3.92. The predicted molar refractivity (Wildman–Crippen MR) is 75.6 cm³/mol. The SMILES string of the molecule is CCCCN(C)/C=C1/C(=O)Nc2ccc(Cl)cc21. The van der Waals surface area contributed by atoms with E-state index in [1.54, 1.807) is 6.07 Å². The van der Waals surface area contributed by atoms with Crippen molar-refractivity contribution in [2.45, 2.75) is 19.8 Å². The summed E-state index contributed by atoms with van der Waals surface area (Å²) in [6.07, 6.45) is 4.15. The van der Waals surface area contributed by atoms with Crippen LogP contribution in [0.15, 0.2) is 24.4 Å². The molecule has 1 aromatic carbocycles. The molecule has 18 heavy (non-hydrogen) atoms. The quantitative estimate of drug-likeness (QED) is 0.846. The molecule has 0 saturated heterocycles. The summed E-state index contributed by atoms with van der Waals surface area (Å²) in [5, 5.41) is 3.49. The molecule has 0 unspecified atom stereocenters. The van der Waals surface area contributed by atoms with Crippen molar-refractivity contribution in [1.29, 1.82) is 0 Å². The molecule has 1 heterocycles. The van der Waals surface area contributed by atoms with Gasteiger partial charge in [0, 0.05) is 36.1 Å². The van der Waals surface area contributed by atoms with Crippen LogP contribution in [-0.2, 0) is 4.79 Å². The molecule has 0 atom stereocenters. The molecule has 0 saturated carbocycles. The minimum atomic E-state index is -0.0596. The van der Waals surface area contributed by atoms with Crippen LogP contribution in [0.3, 0.4) is 0 Å². The first kappa shape index (κ1) is 13.0. The molecule has 1 N–H and O–H groups in total. The van der Waals surface area contributed by atoms with E-state index in [9.17, 15) is 4.79 Å². The highest BCUT2D eigenvalue weighted by Gasteiger charge is 2.24. The molecule has 1 amide bonds. The Morgan fingerprint density at radius 1 is 1.44 bits per heavy atom. The van der Waals surface area contributed by atoms with E-state index in [0.29, 0.717) is 10.6 Å². The number of carbonyl (C=O) groups is 1. The van der Waals surface area contributed by atoms with Gasteiger partial charge >= 0.3 is 0 Å². The van der Waals surface area contributed by atoms with Crippen molar-refractivity contribution in [2.75, 3.05) is 18.9 Å².